The van der Waals surface area contributed by atoms with Crippen LogP contribution >= 0.6 is 11.6 Å². The van der Waals surface area contributed by atoms with Gasteiger partial charge in [0.2, 0.25) is 0 Å². The average molecular weight is 356 g/mol. The Hall–Kier alpha value is -0.820. The van der Waals surface area contributed by atoms with Crippen LogP contribution in [0.5, 0.6) is 0 Å². The molecule has 2 saturated carbocycles. The number of pyridine rings is 1. The monoisotopic (exact) mass is 355 g/mol. The number of rotatable bonds is 0. The van der Waals surface area contributed by atoms with Crippen molar-refractivity contribution in [1.29, 1.82) is 0 Å². The second kappa shape index (κ2) is 5.35. The maximum absolute atomic E-state index is 6.26. The summed E-state index contributed by atoms with van der Waals surface area (Å²) in [5.41, 5.74) is 5.30. The van der Waals surface area contributed by atoms with Crippen molar-refractivity contribution in [2.45, 2.75) is 71.1 Å². The van der Waals surface area contributed by atoms with Gasteiger partial charge in [-0.15, -0.1) is 0 Å². The van der Waals surface area contributed by atoms with Crippen molar-refractivity contribution in [2.75, 3.05) is 0 Å². The predicted octanol–water partition coefficient (Wildman–Crippen LogP) is 6.35. The molecule has 1 aromatic heterocycles. The molecule has 6 atom stereocenters. The highest BCUT2D eigenvalue weighted by molar-refractivity contribution is 6.29. The highest BCUT2D eigenvalue weighted by Gasteiger charge is 2.57. The molecule has 0 amide bonds. The highest BCUT2D eigenvalue weighted by atomic mass is 35.5. The summed E-state index contributed by atoms with van der Waals surface area (Å²) in [5, 5.41) is 0.668. The van der Waals surface area contributed by atoms with Gasteiger partial charge in [0, 0.05) is 5.41 Å². The maximum atomic E-state index is 6.26. The molecular weight excluding hydrogens is 326 g/mol. The van der Waals surface area contributed by atoms with Gasteiger partial charge >= 0.3 is 0 Å². The van der Waals surface area contributed by atoms with Gasteiger partial charge in [0.25, 0.3) is 0 Å². The molecule has 25 heavy (non-hydrogen) atoms. The molecule has 0 bridgehead atoms. The van der Waals surface area contributed by atoms with Crippen LogP contribution in [0.4, 0.5) is 0 Å². The zero-order chi connectivity index (χ0) is 17.4. The number of nitrogens with zero attached hydrogens (tertiary/aromatic N) is 1. The maximum Gasteiger partial charge on any atom is 0.129 e. The normalized spacial score (nSPS) is 45.0. The van der Waals surface area contributed by atoms with Crippen LogP contribution in [-0.4, -0.2) is 4.98 Å². The molecule has 0 spiro atoms. The summed E-state index contributed by atoms with van der Waals surface area (Å²) in [7, 11) is 0. The van der Waals surface area contributed by atoms with Gasteiger partial charge < -0.3 is 0 Å². The van der Waals surface area contributed by atoms with Crippen molar-refractivity contribution in [3.8, 4) is 0 Å². The minimum atomic E-state index is 0.241. The largest absolute Gasteiger partial charge is 0.240 e. The Morgan fingerprint density at radius 2 is 1.84 bits per heavy atom. The molecule has 134 valence electrons. The lowest BCUT2D eigenvalue weighted by molar-refractivity contribution is -0.00556. The topological polar surface area (TPSA) is 12.9 Å². The predicted molar refractivity (Wildman–Crippen MR) is 104 cm³/mol. The van der Waals surface area contributed by atoms with Crippen LogP contribution in [0, 0.1) is 29.1 Å². The fourth-order valence-corrected chi connectivity index (χ4v) is 7.34. The van der Waals surface area contributed by atoms with Crippen LogP contribution in [0.3, 0.4) is 0 Å². The first-order valence-corrected chi connectivity index (χ1v) is 10.6. The number of hydrogen-bond acceptors (Lipinski definition) is 1. The molecule has 5 rings (SSSR count). The number of fused-ring (bicyclic) bond motifs is 7. The Balaban J connectivity index is 1.54. The van der Waals surface area contributed by atoms with Crippen LogP contribution in [0.15, 0.2) is 23.8 Å². The summed E-state index contributed by atoms with van der Waals surface area (Å²) < 4.78 is 0. The Kier molecular flexibility index (Phi) is 3.50. The second-order valence-corrected chi connectivity index (χ2v) is 10.3. The molecule has 2 heteroatoms. The molecule has 4 aliphatic carbocycles. The fourth-order valence-electron chi connectivity index (χ4n) is 7.19. The summed E-state index contributed by atoms with van der Waals surface area (Å²) in [6, 6.07) is 4.23. The van der Waals surface area contributed by atoms with E-state index in [1.165, 1.54) is 56.2 Å². The Morgan fingerprint density at radius 3 is 2.68 bits per heavy atom. The first-order chi connectivity index (χ1) is 11.9. The third kappa shape index (κ3) is 2.17. The van der Waals surface area contributed by atoms with Gasteiger partial charge in [-0.1, -0.05) is 50.1 Å². The van der Waals surface area contributed by atoms with E-state index in [1.54, 1.807) is 5.57 Å². The van der Waals surface area contributed by atoms with E-state index in [4.69, 9.17) is 16.6 Å². The third-order valence-corrected chi connectivity index (χ3v) is 8.88. The van der Waals surface area contributed by atoms with Crippen LogP contribution in [0.25, 0.3) is 0 Å². The number of allylic oxidation sites excluding steroid dienone is 2. The first-order valence-electron chi connectivity index (χ1n) is 10.3. The molecule has 0 aliphatic heterocycles. The lowest BCUT2D eigenvalue weighted by atomic mass is 9.47. The van der Waals surface area contributed by atoms with E-state index >= 15 is 0 Å². The number of hydrogen-bond donors (Lipinski definition) is 0. The summed E-state index contributed by atoms with van der Waals surface area (Å²) in [5.74, 6) is 3.34. The van der Waals surface area contributed by atoms with E-state index in [2.05, 4.69) is 32.9 Å². The van der Waals surface area contributed by atoms with Crippen molar-refractivity contribution in [3.63, 3.8) is 0 Å². The van der Waals surface area contributed by atoms with E-state index in [0.717, 1.165) is 23.7 Å². The summed E-state index contributed by atoms with van der Waals surface area (Å²) in [6.45, 7) is 7.52. The minimum Gasteiger partial charge on any atom is -0.240 e. The second-order valence-electron chi connectivity index (χ2n) is 9.91. The number of aromatic nitrogens is 1. The fraction of sp³-hybridized carbons (Fsp3) is 0.696. The van der Waals surface area contributed by atoms with Crippen LogP contribution in [0.1, 0.15) is 70.6 Å². The average Bonchev–Trinajstić information content (AvgIpc) is 2.88. The molecule has 2 fully saturated rings. The molecule has 1 nitrogen and oxygen atoms in total. The van der Waals surface area contributed by atoms with Crippen molar-refractivity contribution in [1.82, 2.24) is 4.98 Å². The van der Waals surface area contributed by atoms with Crippen molar-refractivity contribution < 1.29 is 0 Å². The van der Waals surface area contributed by atoms with E-state index in [-0.39, 0.29) is 5.41 Å². The summed E-state index contributed by atoms with van der Waals surface area (Å²) in [6.07, 6.45) is 12.0. The van der Waals surface area contributed by atoms with Gasteiger partial charge in [-0.05, 0) is 85.7 Å². The van der Waals surface area contributed by atoms with Crippen molar-refractivity contribution >= 4 is 11.6 Å². The number of halogens is 1. The van der Waals surface area contributed by atoms with E-state index in [9.17, 15) is 0 Å². The standard InChI is InChI=1S/C23H30ClN/c1-14-8-10-22(2)16(12-14)5-6-17-18(22)9-11-23(3)19(17)13-15-4-7-20(24)25-21(15)23/h4-5,7,14,17-19H,6,8-13H2,1-3H3/t14-,17?,18-,19-,22-,23-/m0/s1. The highest BCUT2D eigenvalue weighted by Crippen LogP contribution is 2.64. The lowest BCUT2D eigenvalue weighted by Gasteiger charge is -2.57. The van der Waals surface area contributed by atoms with Gasteiger partial charge in [0.15, 0.2) is 0 Å². The molecule has 0 radical (unpaired) electrons. The minimum absolute atomic E-state index is 0.241. The zero-order valence-electron chi connectivity index (χ0n) is 15.8. The molecule has 0 N–H and O–H groups in total. The molecule has 0 aromatic carbocycles. The van der Waals surface area contributed by atoms with Gasteiger partial charge in [0.1, 0.15) is 5.15 Å². The smallest absolute Gasteiger partial charge is 0.129 e. The Bertz CT molecular complexity index is 752. The van der Waals surface area contributed by atoms with Crippen LogP contribution in [0.2, 0.25) is 5.15 Å². The van der Waals surface area contributed by atoms with Gasteiger partial charge in [-0.25, -0.2) is 4.98 Å². The molecule has 1 unspecified atom stereocenters. The van der Waals surface area contributed by atoms with Gasteiger partial charge in [0.05, 0.1) is 5.69 Å². The van der Waals surface area contributed by atoms with Crippen LogP contribution < -0.4 is 0 Å². The van der Waals surface area contributed by atoms with E-state index < -0.39 is 0 Å². The first kappa shape index (κ1) is 16.4. The van der Waals surface area contributed by atoms with Crippen LogP contribution in [-0.2, 0) is 11.8 Å². The third-order valence-electron chi connectivity index (χ3n) is 8.67. The quantitative estimate of drug-likeness (QED) is 0.390. The van der Waals surface area contributed by atoms with Crippen molar-refractivity contribution in [2.24, 2.45) is 29.1 Å². The molecule has 4 aliphatic rings. The van der Waals surface area contributed by atoms with Gasteiger partial charge in [-0.3, -0.25) is 0 Å². The lowest BCUT2D eigenvalue weighted by Crippen LogP contribution is -2.50. The van der Waals surface area contributed by atoms with E-state index in [1.807, 2.05) is 6.07 Å². The molecule has 0 saturated heterocycles. The Labute approximate surface area is 157 Å². The SMILES string of the molecule is C[C@H]1CC[C@@]2(C)C(=CCC3[C@@H]2CC[C@]2(C)c4nc(Cl)ccc4C[C@@H]32)C1. The molecular formula is C23H30ClN. The van der Waals surface area contributed by atoms with Crippen molar-refractivity contribution in [3.05, 3.63) is 40.2 Å². The van der Waals surface area contributed by atoms with E-state index in [0.29, 0.717) is 10.6 Å². The zero-order valence-corrected chi connectivity index (χ0v) is 16.6. The van der Waals surface area contributed by atoms with Gasteiger partial charge in [-0.2, -0.15) is 0 Å². The Morgan fingerprint density at radius 1 is 1.04 bits per heavy atom. The summed E-state index contributed by atoms with van der Waals surface area (Å²) in [4.78, 5) is 4.81. The molecule has 1 heterocycles. The molecule has 1 aromatic rings. The summed E-state index contributed by atoms with van der Waals surface area (Å²) >= 11 is 6.26.